The molecule has 5 heteroatoms. The lowest BCUT2D eigenvalue weighted by Crippen LogP contribution is -2.42. The van der Waals surface area contributed by atoms with Gasteiger partial charge in [0, 0.05) is 29.3 Å². The molecule has 18 heavy (non-hydrogen) atoms. The highest BCUT2D eigenvalue weighted by molar-refractivity contribution is 9.10. The van der Waals surface area contributed by atoms with Crippen molar-refractivity contribution in [3.63, 3.8) is 0 Å². The third kappa shape index (κ3) is 2.95. The van der Waals surface area contributed by atoms with E-state index >= 15 is 0 Å². The Balaban J connectivity index is 2.12. The van der Waals surface area contributed by atoms with Crippen LogP contribution in [0.15, 0.2) is 16.7 Å². The number of nitrogens with one attached hydrogen (secondary N) is 1. The zero-order valence-electron chi connectivity index (χ0n) is 10.8. The van der Waals surface area contributed by atoms with Gasteiger partial charge in [-0.15, -0.1) is 0 Å². The summed E-state index contributed by atoms with van der Waals surface area (Å²) < 4.78 is 2.90. The summed E-state index contributed by atoms with van der Waals surface area (Å²) in [6.07, 6.45) is 4.29. The van der Waals surface area contributed by atoms with Gasteiger partial charge in [-0.3, -0.25) is 4.79 Å². The summed E-state index contributed by atoms with van der Waals surface area (Å²) in [4.78, 5) is 12.3. The zero-order chi connectivity index (χ0) is 13.3. The first-order valence-electron chi connectivity index (χ1n) is 6.41. The fourth-order valence-electron chi connectivity index (χ4n) is 2.17. The Kier molecular flexibility index (Phi) is 4.12. The molecule has 1 aliphatic carbocycles. The maximum Gasteiger partial charge on any atom is 0.268 e. The Bertz CT molecular complexity index is 437. The molecule has 0 bridgehead atoms. The molecule has 1 aromatic heterocycles. The summed E-state index contributed by atoms with van der Waals surface area (Å²) in [6.45, 7) is 4.63. The molecule has 3 N–H and O–H groups in total. The van der Waals surface area contributed by atoms with Crippen molar-refractivity contribution in [1.29, 1.82) is 0 Å². The fraction of sp³-hybridized carbons (Fsp3) is 0.615. The lowest BCUT2D eigenvalue weighted by atomic mass is 10.2. The minimum absolute atomic E-state index is 0.0308. The van der Waals surface area contributed by atoms with E-state index in [0.29, 0.717) is 18.2 Å². The molecular weight excluding hydrogens is 294 g/mol. The maximum absolute atomic E-state index is 12.3. The van der Waals surface area contributed by atoms with Crippen LogP contribution in [-0.2, 0) is 0 Å². The van der Waals surface area contributed by atoms with Crippen LogP contribution < -0.4 is 11.1 Å². The highest BCUT2D eigenvalue weighted by Gasteiger charge is 2.32. The van der Waals surface area contributed by atoms with Crippen LogP contribution in [0.2, 0.25) is 0 Å². The van der Waals surface area contributed by atoms with E-state index in [0.717, 1.165) is 4.47 Å². The van der Waals surface area contributed by atoms with Crippen LogP contribution in [0, 0.1) is 5.92 Å². The van der Waals surface area contributed by atoms with Gasteiger partial charge in [0.1, 0.15) is 5.69 Å². The quantitative estimate of drug-likeness (QED) is 0.876. The van der Waals surface area contributed by atoms with Crippen molar-refractivity contribution in [3.05, 3.63) is 22.4 Å². The molecule has 0 radical (unpaired) electrons. The van der Waals surface area contributed by atoms with E-state index in [-0.39, 0.29) is 18.0 Å². The number of carbonyl (C=O) groups is 1. The molecule has 0 aliphatic heterocycles. The number of hydrogen-bond acceptors (Lipinski definition) is 2. The van der Waals surface area contributed by atoms with Crippen molar-refractivity contribution in [1.82, 2.24) is 9.88 Å². The zero-order valence-corrected chi connectivity index (χ0v) is 12.4. The molecule has 1 amide bonds. The van der Waals surface area contributed by atoms with E-state index in [1.54, 1.807) is 0 Å². The van der Waals surface area contributed by atoms with E-state index < -0.39 is 0 Å². The SMILES string of the molecule is CC(C)n1cc(Br)cc1C(=O)NC(CN)C1CC1. The highest BCUT2D eigenvalue weighted by atomic mass is 79.9. The number of rotatable bonds is 5. The van der Waals surface area contributed by atoms with Crippen LogP contribution in [0.25, 0.3) is 0 Å². The van der Waals surface area contributed by atoms with Crippen LogP contribution in [0.3, 0.4) is 0 Å². The van der Waals surface area contributed by atoms with Crippen molar-refractivity contribution in [2.24, 2.45) is 11.7 Å². The lowest BCUT2D eigenvalue weighted by Gasteiger charge is -2.18. The second-order valence-electron chi connectivity index (χ2n) is 5.20. The summed E-state index contributed by atoms with van der Waals surface area (Å²) in [5.41, 5.74) is 6.40. The van der Waals surface area contributed by atoms with E-state index in [2.05, 4.69) is 35.1 Å². The summed E-state index contributed by atoms with van der Waals surface area (Å²) in [6, 6.07) is 2.23. The van der Waals surface area contributed by atoms with Gasteiger partial charge >= 0.3 is 0 Å². The normalized spacial score (nSPS) is 16.9. The van der Waals surface area contributed by atoms with Gasteiger partial charge in [-0.2, -0.15) is 0 Å². The van der Waals surface area contributed by atoms with E-state index in [9.17, 15) is 4.79 Å². The molecular formula is C13H20BrN3O. The Morgan fingerprint density at radius 3 is 2.78 bits per heavy atom. The molecule has 1 saturated carbocycles. The van der Waals surface area contributed by atoms with Gasteiger partial charge in [-0.05, 0) is 54.6 Å². The van der Waals surface area contributed by atoms with E-state index in [1.165, 1.54) is 12.8 Å². The minimum atomic E-state index is -0.0308. The van der Waals surface area contributed by atoms with Crippen molar-refractivity contribution in [2.75, 3.05) is 6.54 Å². The lowest BCUT2D eigenvalue weighted by molar-refractivity contribution is 0.0922. The Labute approximate surface area is 116 Å². The average molecular weight is 314 g/mol. The predicted octanol–water partition coefficient (Wildman–Crippen LogP) is 2.30. The first-order valence-corrected chi connectivity index (χ1v) is 7.20. The largest absolute Gasteiger partial charge is 0.346 e. The molecule has 0 spiro atoms. The Morgan fingerprint density at radius 1 is 1.61 bits per heavy atom. The topological polar surface area (TPSA) is 60.0 Å². The van der Waals surface area contributed by atoms with Crippen LogP contribution in [0.4, 0.5) is 0 Å². The number of aromatic nitrogens is 1. The van der Waals surface area contributed by atoms with Crippen LogP contribution in [0.1, 0.15) is 43.2 Å². The smallest absolute Gasteiger partial charge is 0.268 e. The first-order chi connectivity index (χ1) is 8.52. The number of hydrogen-bond donors (Lipinski definition) is 2. The van der Waals surface area contributed by atoms with Crippen LogP contribution in [0.5, 0.6) is 0 Å². The second-order valence-corrected chi connectivity index (χ2v) is 6.11. The Hall–Kier alpha value is -0.810. The standard InChI is InChI=1S/C13H20BrN3O/c1-8(2)17-7-10(14)5-12(17)13(18)16-11(6-15)9-3-4-9/h5,7-9,11H,3-4,6,15H2,1-2H3,(H,16,18). The molecule has 0 saturated heterocycles. The van der Waals surface area contributed by atoms with Crippen molar-refractivity contribution in [3.8, 4) is 0 Å². The summed E-state index contributed by atoms with van der Waals surface area (Å²) in [7, 11) is 0. The molecule has 1 heterocycles. The van der Waals surface area contributed by atoms with Gasteiger partial charge < -0.3 is 15.6 Å². The van der Waals surface area contributed by atoms with Crippen LogP contribution >= 0.6 is 15.9 Å². The third-order valence-corrected chi connectivity index (χ3v) is 3.80. The number of carbonyl (C=O) groups excluding carboxylic acids is 1. The Morgan fingerprint density at radius 2 is 2.28 bits per heavy atom. The molecule has 1 aromatic rings. The summed E-state index contributed by atoms with van der Waals surface area (Å²) >= 11 is 3.42. The van der Waals surface area contributed by atoms with Gasteiger partial charge in [0.15, 0.2) is 0 Å². The monoisotopic (exact) mass is 313 g/mol. The highest BCUT2D eigenvalue weighted by Crippen LogP contribution is 2.32. The van der Waals surface area contributed by atoms with Gasteiger partial charge in [-0.1, -0.05) is 0 Å². The van der Waals surface area contributed by atoms with Gasteiger partial charge in [-0.25, -0.2) is 0 Å². The van der Waals surface area contributed by atoms with E-state index in [4.69, 9.17) is 5.73 Å². The molecule has 1 aliphatic rings. The van der Waals surface area contributed by atoms with Gasteiger partial charge in [0.25, 0.3) is 5.91 Å². The number of halogens is 1. The van der Waals surface area contributed by atoms with Crippen molar-refractivity contribution < 1.29 is 4.79 Å². The molecule has 1 unspecified atom stereocenters. The number of nitrogens with zero attached hydrogens (tertiary/aromatic N) is 1. The first kappa shape index (κ1) is 13.6. The maximum atomic E-state index is 12.3. The predicted molar refractivity (Wildman–Crippen MR) is 75.5 cm³/mol. The molecule has 100 valence electrons. The second kappa shape index (κ2) is 5.45. The van der Waals surface area contributed by atoms with Gasteiger partial charge in [0.05, 0.1) is 0 Å². The summed E-state index contributed by atoms with van der Waals surface area (Å²) in [5, 5.41) is 3.05. The van der Waals surface area contributed by atoms with Crippen molar-refractivity contribution >= 4 is 21.8 Å². The fourth-order valence-corrected chi connectivity index (χ4v) is 2.60. The average Bonchev–Trinajstić information content (AvgIpc) is 3.07. The number of nitrogens with two attached hydrogens (primary N) is 1. The molecule has 4 nitrogen and oxygen atoms in total. The molecule has 1 atom stereocenters. The third-order valence-electron chi connectivity index (χ3n) is 3.37. The van der Waals surface area contributed by atoms with Gasteiger partial charge in [0.2, 0.25) is 0 Å². The molecule has 2 rings (SSSR count). The van der Waals surface area contributed by atoms with Crippen molar-refractivity contribution in [2.45, 2.75) is 38.8 Å². The molecule has 0 aromatic carbocycles. The minimum Gasteiger partial charge on any atom is -0.346 e. The summed E-state index contributed by atoms with van der Waals surface area (Å²) in [5.74, 6) is 0.543. The number of amides is 1. The molecule has 1 fully saturated rings. The van der Waals surface area contributed by atoms with E-state index in [1.807, 2.05) is 16.8 Å². The van der Waals surface area contributed by atoms with Crippen LogP contribution in [-0.4, -0.2) is 23.1 Å².